The van der Waals surface area contributed by atoms with Crippen LogP contribution in [0.5, 0.6) is 5.75 Å². The van der Waals surface area contributed by atoms with Gasteiger partial charge in [-0.25, -0.2) is 4.68 Å². The van der Waals surface area contributed by atoms with Crippen LogP contribution in [-0.2, 0) is 12.8 Å². The van der Waals surface area contributed by atoms with Crippen molar-refractivity contribution in [1.82, 2.24) is 15.0 Å². The number of halogens is 1. The number of aryl methyl sites for hydroxylation is 2. The summed E-state index contributed by atoms with van der Waals surface area (Å²) in [5.74, 6) is 0.847. The van der Waals surface area contributed by atoms with E-state index in [-0.39, 0.29) is 0 Å². The number of hydrogen-bond acceptors (Lipinski definition) is 3. The highest BCUT2D eigenvalue weighted by Crippen LogP contribution is 2.23. The molecule has 0 fully saturated rings. The van der Waals surface area contributed by atoms with Crippen LogP contribution in [0.25, 0.3) is 5.69 Å². The van der Waals surface area contributed by atoms with Gasteiger partial charge in [0.25, 0.3) is 0 Å². The van der Waals surface area contributed by atoms with Crippen molar-refractivity contribution in [3.05, 3.63) is 71.0 Å². The van der Waals surface area contributed by atoms with Crippen LogP contribution in [0.3, 0.4) is 0 Å². The molecule has 3 rings (SSSR count). The largest absolute Gasteiger partial charge is 0.496 e. The first-order valence-corrected chi connectivity index (χ1v) is 7.43. The summed E-state index contributed by atoms with van der Waals surface area (Å²) in [6.45, 7) is 0. The van der Waals surface area contributed by atoms with Crippen molar-refractivity contribution >= 4 is 11.6 Å². The number of methoxy groups -OCH3 is 1. The number of nitrogens with zero attached hydrogens (tertiary/aromatic N) is 3. The van der Waals surface area contributed by atoms with E-state index in [4.69, 9.17) is 16.3 Å². The number of hydrogen-bond donors (Lipinski definition) is 0. The first kappa shape index (κ1) is 14.6. The number of para-hydroxylation sites is 1. The van der Waals surface area contributed by atoms with Crippen LogP contribution in [0.2, 0.25) is 5.02 Å². The third kappa shape index (κ3) is 3.28. The Labute approximate surface area is 134 Å². The van der Waals surface area contributed by atoms with Gasteiger partial charge >= 0.3 is 0 Å². The van der Waals surface area contributed by atoms with Crippen LogP contribution in [0.4, 0.5) is 0 Å². The lowest BCUT2D eigenvalue weighted by Crippen LogP contribution is -1.96. The maximum absolute atomic E-state index is 6.05. The summed E-state index contributed by atoms with van der Waals surface area (Å²) in [5.41, 5.74) is 3.01. The molecule has 0 radical (unpaired) electrons. The van der Waals surface area contributed by atoms with Gasteiger partial charge in [-0.3, -0.25) is 0 Å². The summed E-state index contributed by atoms with van der Waals surface area (Å²) in [6.07, 6.45) is 3.53. The fourth-order valence-electron chi connectivity index (χ4n) is 2.33. The van der Waals surface area contributed by atoms with Crippen LogP contribution < -0.4 is 4.74 Å². The summed E-state index contributed by atoms with van der Waals surface area (Å²) < 4.78 is 7.15. The lowest BCUT2D eigenvalue weighted by Gasteiger charge is -2.07. The Kier molecular flexibility index (Phi) is 4.39. The van der Waals surface area contributed by atoms with E-state index in [0.717, 1.165) is 35.5 Å². The summed E-state index contributed by atoms with van der Waals surface area (Å²) in [7, 11) is 1.67. The van der Waals surface area contributed by atoms with Crippen molar-refractivity contribution in [3.63, 3.8) is 0 Å². The van der Waals surface area contributed by atoms with Crippen molar-refractivity contribution < 1.29 is 4.74 Å². The highest BCUT2D eigenvalue weighted by molar-refractivity contribution is 6.30. The van der Waals surface area contributed by atoms with Gasteiger partial charge in [-0.15, -0.1) is 5.10 Å². The molecule has 0 saturated carbocycles. The van der Waals surface area contributed by atoms with Crippen molar-refractivity contribution in [2.75, 3.05) is 7.11 Å². The molecule has 0 atom stereocenters. The van der Waals surface area contributed by atoms with Gasteiger partial charge in [-0.05, 0) is 48.7 Å². The maximum atomic E-state index is 6.05. The zero-order valence-corrected chi connectivity index (χ0v) is 13.0. The quantitative estimate of drug-likeness (QED) is 0.721. The molecule has 0 N–H and O–H groups in total. The van der Waals surface area contributed by atoms with Crippen molar-refractivity contribution in [2.45, 2.75) is 12.8 Å². The minimum atomic E-state index is 0.712. The van der Waals surface area contributed by atoms with Crippen molar-refractivity contribution in [2.24, 2.45) is 0 Å². The van der Waals surface area contributed by atoms with E-state index in [9.17, 15) is 0 Å². The Bertz CT molecular complexity index is 756. The first-order chi connectivity index (χ1) is 10.8. The third-order valence-corrected chi connectivity index (χ3v) is 3.69. The predicted octanol–water partition coefficient (Wildman–Crippen LogP) is 3.71. The fourth-order valence-corrected chi connectivity index (χ4v) is 2.52. The monoisotopic (exact) mass is 313 g/mol. The number of ether oxygens (including phenoxy) is 1. The van der Waals surface area contributed by atoms with Crippen molar-refractivity contribution in [1.29, 1.82) is 0 Å². The second-order valence-corrected chi connectivity index (χ2v) is 5.38. The van der Waals surface area contributed by atoms with Crippen LogP contribution >= 0.6 is 11.6 Å². The summed E-state index contributed by atoms with van der Waals surface area (Å²) in [5, 5.41) is 9.10. The predicted molar refractivity (Wildman–Crippen MR) is 86.8 cm³/mol. The Balaban J connectivity index is 1.73. The molecule has 3 aromatic rings. The molecular weight excluding hydrogens is 298 g/mol. The first-order valence-electron chi connectivity index (χ1n) is 7.05. The Morgan fingerprint density at radius 2 is 1.91 bits per heavy atom. The Morgan fingerprint density at radius 1 is 1.09 bits per heavy atom. The van der Waals surface area contributed by atoms with E-state index < -0.39 is 0 Å². The van der Waals surface area contributed by atoms with Gasteiger partial charge in [0.2, 0.25) is 0 Å². The highest BCUT2D eigenvalue weighted by Gasteiger charge is 2.07. The van der Waals surface area contributed by atoms with Gasteiger partial charge in [0, 0.05) is 5.02 Å². The van der Waals surface area contributed by atoms with Crippen LogP contribution in [0.15, 0.2) is 54.7 Å². The molecule has 0 aliphatic heterocycles. The zero-order valence-electron chi connectivity index (χ0n) is 12.2. The normalized spacial score (nSPS) is 10.6. The molecule has 0 spiro atoms. The van der Waals surface area contributed by atoms with Gasteiger partial charge in [0.1, 0.15) is 5.75 Å². The van der Waals surface area contributed by atoms with Gasteiger partial charge in [-0.1, -0.05) is 35.0 Å². The molecule has 0 saturated heterocycles. The molecule has 4 nitrogen and oxygen atoms in total. The molecule has 0 bridgehead atoms. The number of aromatic nitrogens is 3. The SMILES string of the molecule is COc1ccc(Cl)cc1CCc1cn(-c2ccccc2)nn1. The number of rotatable bonds is 5. The van der Waals surface area contributed by atoms with Crippen molar-refractivity contribution in [3.8, 4) is 11.4 Å². The Morgan fingerprint density at radius 3 is 2.68 bits per heavy atom. The van der Waals surface area contributed by atoms with Gasteiger partial charge < -0.3 is 4.74 Å². The highest BCUT2D eigenvalue weighted by atomic mass is 35.5. The topological polar surface area (TPSA) is 39.9 Å². The molecule has 0 amide bonds. The van der Waals surface area contributed by atoms with E-state index >= 15 is 0 Å². The van der Waals surface area contributed by atoms with Gasteiger partial charge in [0.15, 0.2) is 0 Å². The van der Waals surface area contributed by atoms with Crippen LogP contribution in [0, 0.1) is 0 Å². The average Bonchev–Trinajstić information content (AvgIpc) is 3.03. The second-order valence-electron chi connectivity index (χ2n) is 4.95. The standard InChI is InChI=1S/C17H16ClN3O/c1-22-17-10-8-14(18)11-13(17)7-9-15-12-21(20-19-15)16-5-3-2-4-6-16/h2-6,8,10-12H,7,9H2,1H3. The lowest BCUT2D eigenvalue weighted by molar-refractivity contribution is 0.409. The minimum Gasteiger partial charge on any atom is -0.496 e. The van der Waals surface area contributed by atoms with Crippen LogP contribution in [-0.4, -0.2) is 22.1 Å². The molecule has 0 aliphatic rings. The number of benzene rings is 2. The van der Waals surface area contributed by atoms with E-state index in [1.165, 1.54) is 0 Å². The van der Waals surface area contributed by atoms with E-state index in [1.54, 1.807) is 11.8 Å². The third-order valence-electron chi connectivity index (χ3n) is 3.45. The molecule has 0 unspecified atom stereocenters. The lowest BCUT2D eigenvalue weighted by atomic mass is 10.1. The van der Waals surface area contributed by atoms with Crippen LogP contribution in [0.1, 0.15) is 11.3 Å². The van der Waals surface area contributed by atoms with Gasteiger partial charge in [-0.2, -0.15) is 0 Å². The molecule has 1 heterocycles. The second kappa shape index (κ2) is 6.62. The minimum absolute atomic E-state index is 0.712. The molecule has 0 aliphatic carbocycles. The average molecular weight is 314 g/mol. The summed E-state index contributed by atoms with van der Waals surface area (Å²) >= 11 is 6.05. The molecule has 22 heavy (non-hydrogen) atoms. The smallest absolute Gasteiger partial charge is 0.122 e. The molecule has 2 aromatic carbocycles. The summed E-state index contributed by atoms with van der Waals surface area (Å²) in [4.78, 5) is 0. The molecule has 5 heteroatoms. The van der Waals surface area contributed by atoms with Gasteiger partial charge in [0.05, 0.1) is 24.7 Å². The van der Waals surface area contributed by atoms with E-state index in [0.29, 0.717) is 5.02 Å². The molecular formula is C17H16ClN3O. The Hall–Kier alpha value is -2.33. The zero-order chi connectivity index (χ0) is 15.4. The molecule has 112 valence electrons. The fraction of sp³-hybridized carbons (Fsp3) is 0.176. The van der Waals surface area contributed by atoms with E-state index in [1.807, 2.05) is 54.7 Å². The van der Waals surface area contributed by atoms with E-state index in [2.05, 4.69) is 10.3 Å². The maximum Gasteiger partial charge on any atom is 0.122 e. The summed E-state index contributed by atoms with van der Waals surface area (Å²) in [6, 6.07) is 15.6. The molecule has 1 aromatic heterocycles.